The lowest BCUT2D eigenvalue weighted by Crippen LogP contribution is -2.48. The fourth-order valence-corrected chi connectivity index (χ4v) is 3.19. The Kier molecular flexibility index (Phi) is 5.89. The summed E-state index contributed by atoms with van der Waals surface area (Å²) >= 11 is 0. The minimum atomic E-state index is -0.328. The van der Waals surface area contributed by atoms with Gasteiger partial charge in [-0.15, -0.1) is 0 Å². The van der Waals surface area contributed by atoms with Gasteiger partial charge in [-0.05, 0) is 36.2 Å². The SMILES string of the molecule is COC(=O)c1ccc(N2CCN(C(=O)CCc3ccccc3)CC2)cc1. The second kappa shape index (κ2) is 8.52. The number of hydrogen-bond acceptors (Lipinski definition) is 4. The summed E-state index contributed by atoms with van der Waals surface area (Å²) in [4.78, 5) is 28.1. The maximum Gasteiger partial charge on any atom is 0.337 e. The van der Waals surface area contributed by atoms with Gasteiger partial charge in [0, 0.05) is 38.3 Å². The van der Waals surface area contributed by atoms with E-state index < -0.39 is 0 Å². The Morgan fingerprint density at radius 1 is 0.923 bits per heavy atom. The molecule has 0 spiro atoms. The van der Waals surface area contributed by atoms with Crippen molar-refractivity contribution in [2.75, 3.05) is 38.2 Å². The highest BCUT2D eigenvalue weighted by Gasteiger charge is 2.21. The van der Waals surface area contributed by atoms with Crippen LogP contribution in [0.2, 0.25) is 0 Å². The molecule has 1 fully saturated rings. The number of rotatable bonds is 5. The second-order valence-electron chi connectivity index (χ2n) is 6.39. The van der Waals surface area contributed by atoms with Gasteiger partial charge in [0.15, 0.2) is 0 Å². The summed E-state index contributed by atoms with van der Waals surface area (Å²) in [6.45, 7) is 3.06. The molecule has 1 saturated heterocycles. The van der Waals surface area contributed by atoms with Gasteiger partial charge in [-0.25, -0.2) is 4.79 Å². The molecule has 5 nitrogen and oxygen atoms in total. The van der Waals surface area contributed by atoms with Gasteiger partial charge in [0.25, 0.3) is 0 Å². The summed E-state index contributed by atoms with van der Waals surface area (Å²) in [7, 11) is 1.38. The van der Waals surface area contributed by atoms with Crippen molar-refractivity contribution in [2.24, 2.45) is 0 Å². The maximum absolute atomic E-state index is 12.4. The standard InChI is InChI=1S/C21H24N2O3/c1-26-21(25)18-8-10-19(11-9-18)22-13-15-23(16-14-22)20(24)12-7-17-5-3-2-4-6-17/h2-6,8-11H,7,12-16H2,1H3. The molecule has 1 heterocycles. The van der Waals surface area contributed by atoms with Crippen LogP contribution >= 0.6 is 0 Å². The predicted molar refractivity (Wildman–Crippen MR) is 101 cm³/mol. The van der Waals surface area contributed by atoms with Crippen molar-refractivity contribution < 1.29 is 14.3 Å². The largest absolute Gasteiger partial charge is 0.465 e. The second-order valence-corrected chi connectivity index (χ2v) is 6.39. The number of nitrogens with zero attached hydrogens (tertiary/aromatic N) is 2. The van der Waals surface area contributed by atoms with E-state index in [0.29, 0.717) is 12.0 Å². The van der Waals surface area contributed by atoms with Crippen molar-refractivity contribution in [1.29, 1.82) is 0 Å². The summed E-state index contributed by atoms with van der Waals surface area (Å²) in [5.74, 6) is -0.111. The van der Waals surface area contributed by atoms with E-state index in [1.807, 2.05) is 35.2 Å². The number of hydrogen-bond donors (Lipinski definition) is 0. The molecule has 5 heteroatoms. The minimum Gasteiger partial charge on any atom is -0.465 e. The molecule has 0 atom stereocenters. The molecule has 1 amide bonds. The molecular formula is C21H24N2O3. The van der Waals surface area contributed by atoms with E-state index in [2.05, 4.69) is 17.0 Å². The molecule has 0 unspecified atom stereocenters. The highest BCUT2D eigenvalue weighted by Crippen LogP contribution is 2.18. The van der Waals surface area contributed by atoms with Gasteiger partial charge in [0.1, 0.15) is 0 Å². The van der Waals surface area contributed by atoms with Crippen molar-refractivity contribution in [3.63, 3.8) is 0 Å². The molecule has 0 N–H and O–H groups in total. The number of anilines is 1. The highest BCUT2D eigenvalue weighted by atomic mass is 16.5. The monoisotopic (exact) mass is 352 g/mol. The van der Waals surface area contributed by atoms with Crippen molar-refractivity contribution in [3.8, 4) is 0 Å². The van der Waals surface area contributed by atoms with Gasteiger partial charge in [-0.1, -0.05) is 30.3 Å². The smallest absolute Gasteiger partial charge is 0.337 e. The van der Waals surface area contributed by atoms with Crippen LogP contribution in [-0.2, 0) is 16.0 Å². The van der Waals surface area contributed by atoms with Crippen LogP contribution in [0.4, 0.5) is 5.69 Å². The summed E-state index contributed by atoms with van der Waals surface area (Å²) in [5.41, 5.74) is 2.81. The number of piperazine rings is 1. The zero-order chi connectivity index (χ0) is 18.4. The zero-order valence-corrected chi connectivity index (χ0v) is 15.1. The van der Waals surface area contributed by atoms with Crippen molar-refractivity contribution >= 4 is 17.6 Å². The third kappa shape index (κ3) is 4.42. The third-order valence-corrected chi connectivity index (χ3v) is 4.76. The molecule has 1 aliphatic rings. The highest BCUT2D eigenvalue weighted by molar-refractivity contribution is 5.89. The summed E-state index contributed by atoms with van der Waals surface area (Å²) in [6, 6.07) is 17.5. The first-order chi connectivity index (χ1) is 12.7. The Labute approximate surface area is 154 Å². The Hall–Kier alpha value is -2.82. The van der Waals surface area contributed by atoms with Gasteiger partial charge in [0.05, 0.1) is 12.7 Å². The molecule has 26 heavy (non-hydrogen) atoms. The lowest BCUT2D eigenvalue weighted by Gasteiger charge is -2.36. The van der Waals surface area contributed by atoms with E-state index in [-0.39, 0.29) is 11.9 Å². The first kappa shape index (κ1) is 18.0. The summed E-state index contributed by atoms with van der Waals surface area (Å²) < 4.78 is 4.72. The van der Waals surface area contributed by atoms with Crippen LogP contribution in [0.25, 0.3) is 0 Å². The number of amides is 1. The first-order valence-corrected chi connectivity index (χ1v) is 8.92. The Bertz CT molecular complexity index is 736. The van der Waals surface area contributed by atoms with E-state index >= 15 is 0 Å². The number of carbonyl (C=O) groups is 2. The van der Waals surface area contributed by atoms with Crippen LogP contribution in [0.3, 0.4) is 0 Å². The average molecular weight is 352 g/mol. The molecule has 2 aromatic carbocycles. The van der Waals surface area contributed by atoms with E-state index in [1.165, 1.54) is 12.7 Å². The number of ether oxygens (including phenoxy) is 1. The molecule has 0 aromatic heterocycles. The molecule has 136 valence electrons. The van der Waals surface area contributed by atoms with Gasteiger partial charge in [0.2, 0.25) is 5.91 Å². The van der Waals surface area contributed by atoms with Crippen molar-refractivity contribution in [1.82, 2.24) is 4.90 Å². The van der Waals surface area contributed by atoms with E-state index in [0.717, 1.165) is 38.3 Å². The Morgan fingerprint density at radius 3 is 2.19 bits per heavy atom. The lowest BCUT2D eigenvalue weighted by atomic mass is 10.1. The molecule has 2 aromatic rings. The molecule has 3 rings (SSSR count). The summed E-state index contributed by atoms with van der Waals surface area (Å²) in [6.07, 6.45) is 1.34. The van der Waals surface area contributed by atoms with E-state index in [1.54, 1.807) is 12.1 Å². The van der Waals surface area contributed by atoms with Crippen molar-refractivity contribution in [2.45, 2.75) is 12.8 Å². The first-order valence-electron chi connectivity index (χ1n) is 8.92. The van der Waals surface area contributed by atoms with Crippen LogP contribution in [0, 0.1) is 0 Å². The van der Waals surface area contributed by atoms with E-state index in [9.17, 15) is 9.59 Å². The molecule has 0 bridgehead atoms. The van der Waals surface area contributed by atoms with E-state index in [4.69, 9.17) is 4.74 Å². The molecule has 1 aliphatic heterocycles. The summed E-state index contributed by atoms with van der Waals surface area (Å²) in [5, 5.41) is 0. The number of esters is 1. The fourth-order valence-electron chi connectivity index (χ4n) is 3.19. The number of methoxy groups -OCH3 is 1. The van der Waals surface area contributed by atoms with Gasteiger partial charge in [-0.2, -0.15) is 0 Å². The predicted octanol–water partition coefficient (Wildman–Crippen LogP) is 2.75. The van der Waals surface area contributed by atoms with Gasteiger partial charge in [-0.3, -0.25) is 4.79 Å². The van der Waals surface area contributed by atoms with Crippen molar-refractivity contribution in [3.05, 3.63) is 65.7 Å². The lowest BCUT2D eigenvalue weighted by molar-refractivity contribution is -0.131. The van der Waals surface area contributed by atoms with Crippen LogP contribution in [0.1, 0.15) is 22.3 Å². The third-order valence-electron chi connectivity index (χ3n) is 4.76. The maximum atomic E-state index is 12.4. The minimum absolute atomic E-state index is 0.217. The molecule has 0 radical (unpaired) electrons. The average Bonchev–Trinajstić information content (AvgIpc) is 2.72. The molecular weight excluding hydrogens is 328 g/mol. The van der Waals surface area contributed by atoms with Crippen LogP contribution in [0.15, 0.2) is 54.6 Å². The molecule has 0 saturated carbocycles. The van der Waals surface area contributed by atoms with Crippen LogP contribution < -0.4 is 4.90 Å². The fraction of sp³-hybridized carbons (Fsp3) is 0.333. The van der Waals surface area contributed by atoms with Gasteiger partial charge < -0.3 is 14.5 Å². The molecule has 0 aliphatic carbocycles. The van der Waals surface area contributed by atoms with Crippen LogP contribution in [-0.4, -0.2) is 50.1 Å². The number of benzene rings is 2. The quantitative estimate of drug-likeness (QED) is 0.777. The van der Waals surface area contributed by atoms with Crippen LogP contribution in [0.5, 0.6) is 0 Å². The number of carbonyl (C=O) groups excluding carboxylic acids is 2. The Morgan fingerprint density at radius 2 is 1.58 bits per heavy atom. The van der Waals surface area contributed by atoms with Gasteiger partial charge >= 0.3 is 5.97 Å². The Balaban J connectivity index is 1.49. The number of aryl methyl sites for hydroxylation is 1. The normalized spacial score (nSPS) is 14.2. The zero-order valence-electron chi connectivity index (χ0n) is 15.1. The topological polar surface area (TPSA) is 49.9 Å².